The van der Waals surface area contributed by atoms with Crippen LogP contribution in [0.3, 0.4) is 0 Å². The van der Waals surface area contributed by atoms with Crippen LogP contribution in [0.25, 0.3) is 6.08 Å². The van der Waals surface area contributed by atoms with E-state index in [1.54, 1.807) is 6.92 Å². The summed E-state index contributed by atoms with van der Waals surface area (Å²) in [6.45, 7) is 1.01. The van der Waals surface area contributed by atoms with Gasteiger partial charge in [-0.1, -0.05) is 30.1 Å². The first-order valence-electron chi connectivity index (χ1n) is 5.53. The second-order valence-corrected chi connectivity index (χ2v) is 4.58. The normalized spacial score (nSPS) is 11.2. The molecule has 6 nitrogen and oxygen atoms in total. The predicted octanol–water partition coefficient (Wildman–Crippen LogP) is 3.48. The number of halogens is 2. The Bertz CT molecular complexity index is 571. The lowest BCUT2D eigenvalue weighted by Crippen LogP contribution is -2.10. The zero-order valence-corrected chi connectivity index (χ0v) is 11.9. The number of carboxylic acids is 1. The molecule has 0 amide bonds. The van der Waals surface area contributed by atoms with Crippen LogP contribution in [0.15, 0.2) is 17.8 Å². The lowest BCUT2D eigenvalue weighted by atomic mass is 10.1. The summed E-state index contributed by atoms with van der Waals surface area (Å²) in [5.41, 5.74) is 0.195. The minimum atomic E-state index is -1.18. The molecular formula is C12H11Cl2NO5. The summed E-state index contributed by atoms with van der Waals surface area (Å²) in [5, 5.41) is 19.8. The van der Waals surface area contributed by atoms with E-state index in [1.807, 2.05) is 0 Å². The van der Waals surface area contributed by atoms with Gasteiger partial charge in [-0.2, -0.15) is 0 Å². The summed E-state index contributed by atoms with van der Waals surface area (Å²) in [6.07, 6.45) is 1.45. The molecule has 1 aromatic carbocycles. The first-order valence-corrected chi connectivity index (χ1v) is 6.29. The zero-order chi connectivity index (χ0) is 15.3. The van der Waals surface area contributed by atoms with Crippen LogP contribution >= 0.6 is 23.2 Å². The van der Waals surface area contributed by atoms with E-state index in [2.05, 4.69) is 0 Å². The number of rotatable bonds is 6. The Morgan fingerprint density at radius 1 is 1.50 bits per heavy atom. The Labute approximate surface area is 124 Å². The third-order valence-corrected chi connectivity index (χ3v) is 2.79. The number of hydrogen-bond donors (Lipinski definition) is 1. The lowest BCUT2D eigenvalue weighted by molar-refractivity contribution is -0.425. The fourth-order valence-electron chi connectivity index (χ4n) is 1.44. The molecule has 0 aliphatic carbocycles. The third-order valence-electron chi connectivity index (χ3n) is 2.30. The summed E-state index contributed by atoms with van der Waals surface area (Å²) in [6, 6.07) is 2.79. The van der Waals surface area contributed by atoms with Gasteiger partial charge in [0.15, 0.2) is 6.61 Å². The summed E-state index contributed by atoms with van der Waals surface area (Å²) < 4.78 is 5.05. The maximum absolute atomic E-state index is 10.8. The molecule has 0 spiro atoms. The molecule has 0 aliphatic heterocycles. The minimum Gasteiger partial charge on any atom is -0.480 e. The highest BCUT2D eigenvalue weighted by Gasteiger charge is 2.15. The van der Waals surface area contributed by atoms with Crippen molar-refractivity contribution in [2.45, 2.75) is 13.3 Å². The largest absolute Gasteiger partial charge is 0.480 e. The molecule has 0 atom stereocenters. The summed E-state index contributed by atoms with van der Waals surface area (Å²) in [5.74, 6) is -1.14. The van der Waals surface area contributed by atoms with Crippen LogP contribution in [0.2, 0.25) is 10.0 Å². The Morgan fingerprint density at radius 3 is 2.65 bits per heavy atom. The van der Waals surface area contributed by atoms with Gasteiger partial charge in [0, 0.05) is 23.1 Å². The zero-order valence-electron chi connectivity index (χ0n) is 10.4. The van der Waals surface area contributed by atoms with Gasteiger partial charge < -0.3 is 9.84 Å². The van der Waals surface area contributed by atoms with E-state index in [0.717, 1.165) is 0 Å². The molecule has 0 aliphatic rings. The molecule has 1 aromatic rings. The van der Waals surface area contributed by atoms with Crippen LogP contribution < -0.4 is 4.74 Å². The van der Waals surface area contributed by atoms with Crippen LogP contribution in [-0.2, 0) is 4.79 Å². The molecule has 1 rings (SSSR count). The number of hydrogen-bond acceptors (Lipinski definition) is 4. The van der Waals surface area contributed by atoms with Crippen molar-refractivity contribution in [3.8, 4) is 5.75 Å². The number of nitrogens with zero attached hydrogens (tertiary/aromatic N) is 1. The van der Waals surface area contributed by atoms with E-state index in [0.29, 0.717) is 0 Å². The van der Waals surface area contributed by atoms with Crippen LogP contribution in [0.1, 0.15) is 18.9 Å². The van der Waals surface area contributed by atoms with Crippen LogP contribution in [0.4, 0.5) is 0 Å². The van der Waals surface area contributed by atoms with Crippen LogP contribution in [0, 0.1) is 10.1 Å². The highest BCUT2D eigenvalue weighted by atomic mass is 35.5. The summed E-state index contributed by atoms with van der Waals surface area (Å²) in [7, 11) is 0. The van der Waals surface area contributed by atoms with Crippen LogP contribution in [0.5, 0.6) is 5.75 Å². The van der Waals surface area contributed by atoms with Gasteiger partial charge in [0.05, 0.1) is 9.95 Å². The van der Waals surface area contributed by atoms with E-state index < -0.39 is 17.5 Å². The quantitative estimate of drug-likeness (QED) is 0.640. The van der Waals surface area contributed by atoms with Gasteiger partial charge in [-0.3, -0.25) is 10.1 Å². The topological polar surface area (TPSA) is 89.7 Å². The number of carboxylic acid groups (broad SMARTS) is 1. The molecule has 20 heavy (non-hydrogen) atoms. The molecular weight excluding hydrogens is 309 g/mol. The van der Waals surface area contributed by atoms with E-state index in [4.69, 9.17) is 33.0 Å². The van der Waals surface area contributed by atoms with Gasteiger partial charge in [-0.25, -0.2) is 4.79 Å². The van der Waals surface area contributed by atoms with Gasteiger partial charge in [0.1, 0.15) is 5.75 Å². The molecule has 0 heterocycles. The smallest absolute Gasteiger partial charge is 0.341 e. The lowest BCUT2D eigenvalue weighted by Gasteiger charge is -2.10. The number of nitro groups is 1. The molecule has 0 saturated heterocycles. The molecule has 0 aromatic heterocycles. The number of ether oxygens (including phenoxy) is 1. The average Bonchev–Trinajstić information content (AvgIpc) is 2.33. The molecule has 1 N–H and O–H groups in total. The SMILES string of the molecule is CC/C(=C\c1cc(Cl)cc(Cl)c1OCC(=O)O)[N+](=O)[O-]. The number of aliphatic carboxylic acids is 1. The second kappa shape index (κ2) is 7.12. The van der Waals surface area contributed by atoms with Gasteiger partial charge in [-0.15, -0.1) is 0 Å². The first-order chi connectivity index (χ1) is 9.35. The first kappa shape index (κ1) is 16.3. The van der Waals surface area contributed by atoms with E-state index >= 15 is 0 Å². The molecule has 0 bridgehead atoms. The molecule has 108 valence electrons. The fraction of sp³-hybridized carbons (Fsp3) is 0.250. The predicted molar refractivity (Wildman–Crippen MR) is 74.9 cm³/mol. The number of allylic oxidation sites excluding steroid dienone is 1. The Kier molecular flexibility index (Phi) is 5.79. The monoisotopic (exact) mass is 319 g/mol. The minimum absolute atomic E-state index is 0.0475. The molecule has 8 heteroatoms. The standard InChI is InChI=1S/C12H11Cl2NO5/c1-2-9(15(18)19)4-7-3-8(13)5-10(14)12(7)20-6-11(16)17/h3-5H,2,6H2,1H3,(H,16,17)/b9-4+. The van der Waals surface area contributed by atoms with Crippen LogP contribution in [-0.4, -0.2) is 22.6 Å². The van der Waals surface area contributed by atoms with Crippen molar-refractivity contribution in [2.24, 2.45) is 0 Å². The summed E-state index contributed by atoms with van der Waals surface area (Å²) in [4.78, 5) is 20.8. The highest BCUT2D eigenvalue weighted by Crippen LogP contribution is 2.34. The Balaban J connectivity index is 3.28. The molecule has 0 saturated carbocycles. The maximum atomic E-state index is 10.8. The summed E-state index contributed by atoms with van der Waals surface area (Å²) >= 11 is 11.8. The fourth-order valence-corrected chi connectivity index (χ4v) is 2.00. The van der Waals surface area contributed by atoms with Crippen molar-refractivity contribution in [1.29, 1.82) is 0 Å². The van der Waals surface area contributed by atoms with Crippen molar-refractivity contribution < 1.29 is 19.6 Å². The van der Waals surface area contributed by atoms with Gasteiger partial charge >= 0.3 is 5.97 Å². The van der Waals surface area contributed by atoms with Gasteiger partial charge in [-0.05, 0) is 12.1 Å². The Hall–Kier alpha value is -1.79. The Morgan fingerprint density at radius 2 is 2.15 bits per heavy atom. The van der Waals surface area contributed by atoms with E-state index in [9.17, 15) is 14.9 Å². The van der Waals surface area contributed by atoms with E-state index in [-0.39, 0.29) is 33.5 Å². The van der Waals surface area contributed by atoms with Crippen molar-refractivity contribution in [1.82, 2.24) is 0 Å². The molecule has 0 radical (unpaired) electrons. The van der Waals surface area contributed by atoms with E-state index in [1.165, 1.54) is 18.2 Å². The highest BCUT2D eigenvalue weighted by molar-refractivity contribution is 6.35. The molecule has 0 fully saturated rings. The van der Waals surface area contributed by atoms with Gasteiger partial charge in [0.25, 0.3) is 0 Å². The van der Waals surface area contributed by atoms with Crippen molar-refractivity contribution >= 4 is 35.2 Å². The third kappa shape index (κ3) is 4.40. The maximum Gasteiger partial charge on any atom is 0.341 e. The van der Waals surface area contributed by atoms with Crippen molar-refractivity contribution in [3.63, 3.8) is 0 Å². The van der Waals surface area contributed by atoms with Crippen molar-refractivity contribution in [3.05, 3.63) is 43.6 Å². The molecule has 0 unspecified atom stereocenters. The number of carbonyl (C=O) groups is 1. The average molecular weight is 320 g/mol. The van der Waals surface area contributed by atoms with Crippen molar-refractivity contribution in [2.75, 3.05) is 6.61 Å². The van der Waals surface area contributed by atoms with Gasteiger partial charge in [0.2, 0.25) is 5.70 Å². The number of benzene rings is 1. The second-order valence-electron chi connectivity index (χ2n) is 3.73.